The molecule has 0 aliphatic heterocycles. The molecule has 0 heterocycles. The Labute approximate surface area is 180 Å². The van der Waals surface area contributed by atoms with E-state index in [4.69, 9.17) is 44.3 Å². The molecular weight excluding hydrogens is 417 g/mol. The minimum Gasteiger partial charge on any atom is -0.493 e. The summed E-state index contributed by atoms with van der Waals surface area (Å²) in [5.41, 5.74) is 3.86. The van der Waals surface area contributed by atoms with Gasteiger partial charge in [0.1, 0.15) is 6.61 Å². The van der Waals surface area contributed by atoms with Crippen LogP contribution in [0.5, 0.6) is 11.5 Å². The smallest absolute Gasteiger partial charge is 0.163 e. The molecule has 0 amide bonds. The highest BCUT2D eigenvalue weighted by Gasteiger charge is 2.13. The average molecular weight is 437 g/mol. The van der Waals surface area contributed by atoms with Crippen LogP contribution in [0.2, 0.25) is 15.1 Å². The molecule has 1 N–H and O–H groups in total. The lowest BCUT2D eigenvalue weighted by atomic mass is 10.1. The van der Waals surface area contributed by atoms with Gasteiger partial charge in [-0.25, -0.2) is 0 Å². The standard InChI is InChI=1S/C22H20Cl3NO2/c1-14-6-8-16(9-7-14)26-12-15-10-21(27-2)22(11-20(15)25)28-13-17-18(23)4-3-5-19(17)24/h3-11,26H,12-13H2,1-2H3. The lowest BCUT2D eigenvalue weighted by Gasteiger charge is -2.15. The Bertz CT molecular complexity index is 938. The van der Waals surface area contributed by atoms with Crippen molar-refractivity contribution in [1.29, 1.82) is 0 Å². The third kappa shape index (κ3) is 5.05. The number of aryl methyl sites for hydroxylation is 1. The van der Waals surface area contributed by atoms with Gasteiger partial charge in [0.2, 0.25) is 0 Å². The molecule has 6 heteroatoms. The van der Waals surface area contributed by atoms with E-state index in [0.29, 0.717) is 38.7 Å². The average Bonchev–Trinajstić information content (AvgIpc) is 2.68. The summed E-state index contributed by atoms with van der Waals surface area (Å²) in [6, 6.07) is 17.1. The van der Waals surface area contributed by atoms with Crippen molar-refractivity contribution in [3.05, 3.63) is 86.4 Å². The molecule has 0 aromatic heterocycles. The molecule has 0 bridgehead atoms. The first kappa shape index (κ1) is 20.7. The molecule has 3 aromatic rings. The van der Waals surface area contributed by atoms with Gasteiger partial charge in [-0.2, -0.15) is 0 Å². The molecule has 0 spiro atoms. The van der Waals surface area contributed by atoms with E-state index in [9.17, 15) is 0 Å². The fraction of sp³-hybridized carbons (Fsp3) is 0.182. The minimum absolute atomic E-state index is 0.214. The fourth-order valence-corrected chi connectivity index (χ4v) is 3.40. The van der Waals surface area contributed by atoms with Gasteiger partial charge in [0.15, 0.2) is 11.5 Å². The van der Waals surface area contributed by atoms with E-state index in [1.165, 1.54) is 5.56 Å². The zero-order valence-corrected chi connectivity index (χ0v) is 17.8. The molecule has 146 valence electrons. The molecule has 28 heavy (non-hydrogen) atoms. The van der Waals surface area contributed by atoms with Crippen LogP contribution in [0.3, 0.4) is 0 Å². The lowest BCUT2D eigenvalue weighted by Crippen LogP contribution is -2.03. The maximum absolute atomic E-state index is 6.47. The molecule has 0 fully saturated rings. The normalized spacial score (nSPS) is 10.6. The van der Waals surface area contributed by atoms with E-state index >= 15 is 0 Å². The summed E-state index contributed by atoms with van der Waals surface area (Å²) in [4.78, 5) is 0. The third-order valence-corrected chi connectivity index (χ3v) is 5.36. The van der Waals surface area contributed by atoms with Crippen LogP contribution in [0.15, 0.2) is 54.6 Å². The largest absolute Gasteiger partial charge is 0.493 e. The molecule has 3 nitrogen and oxygen atoms in total. The second-order valence-electron chi connectivity index (χ2n) is 6.30. The molecule has 3 rings (SSSR count). The number of rotatable bonds is 7. The Morgan fingerprint density at radius 2 is 1.54 bits per heavy atom. The van der Waals surface area contributed by atoms with Crippen LogP contribution in [0, 0.1) is 6.92 Å². The van der Waals surface area contributed by atoms with Gasteiger partial charge in [0, 0.05) is 38.9 Å². The topological polar surface area (TPSA) is 30.5 Å². The Kier molecular flexibility index (Phi) is 6.95. The lowest BCUT2D eigenvalue weighted by molar-refractivity contribution is 0.284. The number of benzene rings is 3. The minimum atomic E-state index is 0.214. The van der Waals surface area contributed by atoms with Gasteiger partial charge < -0.3 is 14.8 Å². The second kappa shape index (κ2) is 9.42. The van der Waals surface area contributed by atoms with Crippen molar-refractivity contribution in [1.82, 2.24) is 0 Å². The van der Waals surface area contributed by atoms with Crippen molar-refractivity contribution in [2.75, 3.05) is 12.4 Å². The first-order valence-electron chi connectivity index (χ1n) is 8.70. The quantitative estimate of drug-likeness (QED) is 0.426. The highest BCUT2D eigenvalue weighted by atomic mass is 35.5. The third-order valence-electron chi connectivity index (χ3n) is 4.30. The summed E-state index contributed by atoms with van der Waals surface area (Å²) in [5.74, 6) is 1.12. The van der Waals surface area contributed by atoms with Gasteiger partial charge >= 0.3 is 0 Å². The Balaban J connectivity index is 1.74. The first-order chi connectivity index (χ1) is 13.5. The van der Waals surface area contributed by atoms with Crippen LogP contribution in [0.4, 0.5) is 5.69 Å². The Morgan fingerprint density at radius 1 is 0.857 bits per heavy atom. The predicted molar refractivity (Wildman–Crippen MR) is 117 cm³/mol. The van der Waals surface area contributed by atoms with Crippen molar-refractivity contribution in [3.63, 3.8) is 0 Å². The number of hydrogen-bond donors (Lipinski definition) is 1. The summed E-state index contributed by atoms with van der Waals surface area (Å²) in [6.45, 7) is 2.83. The molecule has 0 aliphatic rings. The van der Waals surface area contributed by atoms with E-state index in [1.807, 2.05) is 18.2 Å². The molecule has 0 saturated heterocycles. The second-order valence-corrected chi connectivity index (χ2v) is 7.52. The zero-order valence-electron chi connectivity index (χ0n) is 15.6. The first-order valence-corrected chi connectivity index (χ1v) is 9.84. The van der Waals surface area contributed by atoms with Gasteiger partial charge in [-0.1, -0.05) is 58.6 Å². The number of methoxy groups -OCH3 is 1. The Morgan fingerprint density at radius 3 is 2.18 bits per heavy atom. The van der Waals surface area contributed by atoms with Gasteiger partial charge in [-0.15, -0.1) is 0 Å². The fourth-order valence-electron chi connectivity index (χ4n) is 2.67. The summed E-state index contributed by atoms with van der Waals surface area (Å²) < 4.78 is 11.4. The van der Waals surface area contributed by atoms with E-state index in [-0.39, 0.29) is 6.61 Å². The van der Waals surface area contributed by atoms with Crippen LogP contribution in [0.1, 0.15) is 16.7 Å². The molecule has 0 atom stereocenters. The van der Waals surface area contributed by atoms with Gasteiger partial charge in [0.05, 0.1) is 7.11 Å². The highest BCUT2D eigenvalue weighted by molar-refractivity contribution is 6.36. The van der Waals surface area contributed by atoms with Crippen molar-refractivity contribution >= 4 is 40.5 Å². The van der Waals surface area contributed by atoms with Crippen molar-refractivity contribution in [2.24, 2.45) is 0 Å². The molecular formula is C22H20Cl3NO2. The zero-order chi connectivity index (χ0) is 20.1. The summed E-state index contributed by atoms with van der Waals surface area (Å²) >= 11 is 18.9. The van der Waals surface area contributed by atoms with Crippen molar-refractivity contribution in [2.45, 2.75) is 20.1 Å². The van der Waals surface area contributed by atoms with Crippen molar-refractivity contribution < 1.29 is 9.47 Å². The number of nitrogens with one attached hydrogen (secondary N) is 1. The van der Waals surface area contributed by atoms with E-state index in [0.717, 1.165) is 11.3 Å². The monoisotopic (exact) mass is 435 g/mol. The SMILES string of the molecule is COc1cc(CNc2ccc(C)cc2)c(Cl)cc1OCc1c(Cl)cccc1Cl. The van der Waals surface area contributed by atoms with Crippen LogP contribution in [-0.2, 0) is 13.2 Å². The maximum Gasteiger partial charge on any atom is 0.163 e. The molecule has 0 unspecified atom stereocenters. The summed E-state index contributed by atoms with van der Waals surface area (Å²) in [7, 11) is 1.59. The van der Waals surface area contributed by atoms with Crippen molar-refractivity contribution in [3.8, 4) is 11.5 Å². The summed E-state index contributed by atoms with van der Waals surface area (Å²) in [5, 5.41) is 5.05. The molecule has 3 aromatic carbocycles. The number of anilines is 1. The van der Waals surface area contributed by atoms with Crippen LogP contribution in [-0.4, -0.2) is 7.11 Å². The maximum atomic E-state index is 6.47. The van der Waals surface area contributed by atoms with Gasteiger partial charge in [-0.3, -0.25) is 0 Å². The molecule has 0 saturated carbocycles. The van der Waals surface area contributed by atoms with E-state index in [1.54, 1.807) is 31.4 Å². The van der Waals surface area contributed by atoms with Gasteiger partial charge in [0.25, 0.3) is 0 Å². The van der Waals surface area contributed by atoms with Gasteiger partial charge in [-0.05, 0) is 42.8 Å². The number of hydrogen-bond acceptors (Lipinski definition) is 3. The molecule has 0 aliphatic carbocycles. The Hall–Kier alpha value is -2.07. The van der Waals surface area contributed by atoms with Crippen LogP contribution >= 0.6 is 34.8 Å². The van der Waals surface area contributed by atoms with E-state index in [2.05, 4.69) is 24.4 Å². The van der Waals surface area contributed by atoms with Crippen LogP contribution in [0.25, 0.3) is 0 Å². The van der Waals surface area contributed by atoms with Crippen LogP contribution < -0.4 is 14.8 Å². The predicted octanol–water partition coefficient (Wildman–Crippen LogP) is 7.15. The highest BCUT2D eigenvalue weighted by Crippen LogP contribution is 2.35. The summed E-state index contributed by atoms with van der Waals surface area (Å²) in [6.07, 6.45) is 0. The number of halogens is 3. The number of ether oxygens (including phenoxy) is 2. The molecule has 0 radical (unpaired) electrons. The van der Waals surface area contributed by atoms with E-state index < -0.39 is 0 Å².